The van der Waals surface area contributed by atoms with Crippen LogP contribution in [0, 0.1) is 0 Å². The van der Waals surface area contributed by atoms with Gasteiger partial charge in [-0.15, -0.1) is 0 Å². The van der Waals surface area contributed by atoms with E-state index >= 15 is 0 Å². The minimum atomic E-state index is 0.0375. The fourth-order valence-electron chi connectivity index (χ4n) is 1.66. The van der Waals surface area contributed by atoms with E-state index in [1.54, 1.807) is 10.9 Å². The van der Waals surface area contributed by atoms with E-state index in [0.29, 0.717) is 18.7 Å². The zero-order valence-electron chi connectivity index (χ0n) is 11.7. The minimum absolute atomic E-state index is 0.0375. The molecule has 0 aliphatic heterocycles. The van der Waals surface area contributed by atoms with Crippen LogP contribution < -0.4 is 5.32 Å². The van der Waals surface area contributed by atoms with E-state index in [9.17, 15) is 4.79 Å². The predicted molar refractivity (Wildman–Crippen MR) is 77.0 cm³/mol. The number of carbonyl (C=O) groups is 1. The summed E-state index contributed by atoms with van der Waals surface area (Å²) in [5.41, 5.74) is 0.705. The lowest BCUT2D eigenvalue weighted by atomic mass is 10.1. The largest absolute Gasteiger partial charge is 0.312 e. The fourth-order valence-corrected chi connectivity index (χ4v) is 2.16. The molecule has 1 aromatic heterocycles. The van der Waals surface area contributed by atoms with Gasteiger partial charge in [0.05, 0.1) is 10.7 Å². The molecule has 4 nitrogen and oxygen atoms in total. The molecule has 0 amide bonds. The first-order valence-electron chi connectivity index (χ1n) is 6.23. The summed E-state index contributed by atoms with van der Waals surface area (Å²) in [7, 11) is 0. The molecule has 0 saturated heterocycles. The summed E-state index contributed by atoms with van der Waals surface area (Å²) in [6.45, 7) is 11.0. The highest BCUT2D eigenvalue weighted by Crippen LogP contribution is 2.20. The highest BCUT2D eigenvalue weighted by atomic mass is 79.9. The summed E-state index contributed by atoms with van der Waals surface area (Å²) in [4.78, 5) is 12.2. The third kappa shape index (κ3) is 4.21. The second kappa shape index (κ2) is 5.97. The summed E-state index contributed by atoms with van der Waals surface area (Å²) in [6, 6.07) is 0.186. The highest BCUT2D eigenvalue weighted by Gasteiger charge is 2.19. The lowest BCUT2D eigenvalue weighted by Gasteiger charge is -2.20. The van der Waals surface area contributed by atoms with Crippen molar-refractivity contribution in [2.45, 2.75) is 52.6 Å². The Morgan fingerprint density at radius 3 is 2.61 bits per heavy atom. The standard InChI is InChI=1S/C13H22BrN3O/c1-9(2)17-12(10(14)8-16-17)11(18)6-7-15-13(3,4)5/h8-9,15H,6-7H2,1-5H3. The third-order valence-electron chi connectivity index (χ3n) is 2.51. The molecule has 0 bridgehead atoms. The maximum atomic E-state index is 12.2. The molecule has 1 N–H and O–H groups in total. The van der Waals surface area contributed by atoms with Crippen LogP contribution in [0.15, 0.2) is 10.7 Å². The summed E-state index contributed by atoms with van der Waals surface area (Å²) in [5, 5.41) is 7.54. The lowest BCUT2D eigenvalue weighted by molar-refractivity contribution is 0.0967. The number of Topliss-reactive ketones (excluding diaryl/α,β-unsaturated/α-hetero) is 1. The van der Waals surface area contributed by atoms with E-state index in [0.717, 1.165) is 4.47 Å². The SMILES string of the molecule is CC(C)n1ncc(Br)c1C(=O)CCNC(C)(C)C. The topological polar surface area (TPSA) is 46.9 Å². The number of aromatic nitrogens is 2. The maximum Gasteiger partial charge on any atom is 0.183 e. The molecular weight excluding hydrogens is 294 g/mol. The number of halogens is 1. The highest BCUT2D eigenvalue weighted by molar-refractivity contribution is 9.10. The van der Waals surface area contributed by atoms with Crippen LogP contribution in [0.1, 0.15) is 57.6 Å². The Labute approximate surface area is 117 Å². The van der Waals surface area contributed by atoms with Gasteiger partial charge in [0.15, 0.2) is 5.78 Å². The number of nitrogens with one attached hydrogen (secondary N) is 1. The molecule has 1 rings (SSSR count). The Bertz CT molecular complexity index is 418. The minimum Gasteiger partial charge on any atom is -0.312 e. The van der Waals surface area contributed by atoms with E-state index < -0.39 is 0 Å². The smallest absolute Gasteiger partial charge is 0.183 e. The molecule has 0 unspecified atom stereocenters. The Balaban J connectivity index is 2.70. The van der Waals surface area contributed by atoms with Crippen molar-refractivity contribution in [3.63, 3.8) is 0 Å². The number of carbonyl (C=O) groups excluding carboxylic acids is 1. The average molecular weight is 316 g/mol. The number of nitrogens with zero attached hydrogens (tertiary/aromatic N) is 2. The molecule has 0 atom stereocenters. The average Bonchev–Trinajstić information content (AvgIpc) is 2.58. The van der Waals surface area contributed by atoms with E-state index in [-0.39, 0.29) is 17.4 Å². The first-order chi connectivity index (χ1) is 8.22. The van der Waals surface area contributed by atoms with Crippen LogP contribution >= 0.6 is 15.9 Å². The number of rotatable bonds is 5. The molecule has 0 saturated carbocycles. The normalized spacial score (nSPS) is 12.2. The zero-order chi connectivity index (χ0) is 13.9. The molecule has 1 aromatic rings. The van der Waals surface area contributed by atoms with Gasteiger partial charge in [0.2, 0.25) is 0 Å². The first-order valence-corrected chi connectivity index (χ1v) is 7.03. The third-order valence-corrected chi connectivity index (χ3v) is 3.09. The molecule has 0 radical (unpaired) electrons. The Hall–Kier alpha value is -0.680. The van der Waals surface area contributed by atoms with Crippen molar-refractivity contribution < 1.29 is 4.79 Å². The molecule has 5 heteroatoms. The quantitative estimate of drug-likeness (QED) is 0.849. The van der Waals surface area contributed by atoms with Crippen molar-refractivity contribution in [2.24, 2.45) is 0 Å². The van der Waals surface area contributed by atoms with Gasteiger partial charge < -0.3 is 5.32 Å². The van der Waals surface area contributed by atoms with Crippen molar-refractivity contribution in [3.05, 3.63) is 16.4 Å². The molecule has 0 spiro atoms. The fraction of sp³-hybridized carbons (Fsp3) is 0.692. The van der Waals surface area contributed by atoms with Crippen LogP contribution in [0.25, 0.3) is 0 Å². The zero-order valence-corrected chi connectivity index (χ0v) is 13.3. The van der Waals surface area contributed by atoms with Gasteiger partial charge in [-0.1, -0.05) is 0 Å². The van der Waals surface area contributed by atoms with Gasteiger partial charge in [0.25, 0.3) is 0 Å². The Kier molecular flexibility index (Phi) is 5.10. The second-order valence-electron chi connectivity index (χ2n) is 5.73. The molecule has 18 heavy (non-hydrogen) atoms. The van der Waals surface area contributed by atoms with Crippen LogP contribution in [0.4, 0.5) is 0 Å². The van der Waals surface area contributed by atoms with Crippen molar-refractivity contribution in [1.29, 1.82) is 0 Å². The van der Waals surface area contributed by atoms with Crippen molar-refractivity contribution in [2.75, 3.05) is 6.54 Å². The van der Waals surface area contributed by atoms with Crippen LogP contribution in [0.3, 0.4) is 0 Å². The molecule has 0 aromatic carbocycles. The van der Waals surface area contributed by atoms with E-state index in [2.05, 4.69) is 47.1 Å². The molecule has 0 aliphatic rings. The van der Waals surface area contributed by atoms with Gasteiger partial charge in [-0.25, -0.2) is 0 Å². The van der Waals surface area contributed by atoms with Gasteiger partial charge in [0, 0.05) is 24.5 Å². The number of ketones is 1. The van der Waals surface area contributed by atoms with Gasteiger partial charge >= 0.3 is 0 Å². The summed E-state index contributed by atoms with van der Waals surface area (Å²) in [5.74, 6) is 0.116. The van der Waals surface area contributed by atoms with Gasteiger partial charge in [-0.05, 0) is 50.5 Å². The second-order valence-corrected chi connectivity index (χ2v) is 6.58. The van der Waals surface area contributed by atoms with Crippen molar-refractivity contribution in [3.8, 4) is 0 Å². The van der Waals surface area contributed by atoms with Crippen molar-refractivity contribution in [1.82, 2.24) is 15.1 Å². The molecule has 0 aliphatic carbocycles. The van der Waals surface area contributed by atoms with Crippen LogP contribution in [-0.4, -0.2) is 27.6 Å². The summed E-state index contributed by atoms with van der Waals surface area (Å²) < 4.78 is 2.54. The van der Waals surface area contributed by atoms with Gasteiger partial charge in [-0.3, -0.25) is 9.48 Å². The lowest BCUT2D eigenvalue weighted by Crippen LogP contribution is -2.37. The summed E-state index contributed by atoms with van der Waals surface area (Å²) >= 11 is 3.39. The predicted octanol–water partition coefficient (Wildman–Crippen LogP) is 3.19. The van der Waals surface area contributed by atoms with Gasteiger partial charge in [0.1, 0.15) is 5.69 Å². The molecule has 1 heterocycles. The molecule has 102 valence electrons. The molecular formula is C13H22BrN3O. The van der Waals surface area contributed by atoms with E-state index in [1.165, 1.54) is 0 Å². The first kappa shape index (κ1) is 15.4. The van der Waals surface area contributed by atoms with E-state index in [4.69, 9.17) is 0 Å². The Morgan fingerprint density at radius 2 is 2.11 bits per heavy atom. The Morgan fingerprint density at radius 1 is 1.50 bits per heavy atom. The van der Waals surface area contributed by atoms with Crippen LogP contribution in [0.5, 0.6) is 0 Å². The van der Waals surface area contributed by atoms with Crippen molar-refractivity contribution >= 4 is 21.7 Å². The number of hydrogen-bond acceptors (Lipinski definition) is 3. The van der Waals surface area contributed by atoms with Crippen LogP contribution in [0.2, 0.25) is 0 Å². The molecule has 0 fully saturated rings. The van der Waals surface area contributed by atoms with E-state index in [1.807, 2.05) is 13.8 Å². The van der Waals surface area contributed by atoms with Crippen LogP contribution in [-0.2, 0) is 0 Å². The monoisotopic (exact) mass is 315 g/mol. The maximum absolute atomic E-state index is 12.2. The van der Waals surface area contributed by atoms with Gasteiger partial charge in [-0.2, -0.15) is 5.10 Å². The number of hydrogen-bond donors (Lipinski definition) is 1. The summed E-state index contributed by atoms with van der Waals surface area (Å²) in [6.07, 6.45) is 2.17.